The Hall–Kier alpha value is -2.02. The Balaban J connectivity index is 0.000000196. The highest BCUT2D eigenvalue weighted by molar-refractivity contribution is 7.97. The Labute approximate surface area is 154 Å². The summed E-state index contributed by atoms with van der Waals surface area (Å²) >= 11 is 1.81. The molecule has 0 unspecified atom stereocenters. The zero-order valence-corrected chi connectivity index (χ0v) is 15.7. The lowest BCUT2D eigenvalue weighted by atomic mass is 10.3. The predicted molar refractivity (Wildman–Crippen MR) is 107 cm³/mol. The monoisotopic (exact) mass is 358 g/mol. The number of aromatic nitrogens is 2. The number of nitrogens with one attached hydrogen (secondary N) is 1. The molecule has 2 heterocycles. The van der Waals surface area contributed by atoms with E-state index in [1.807, 2.05) is 44.3 Å². The summed E-state index contributed by atoms with van der Waals surface area (Å²) in [6.07, 6.45) is 7.20. The number of allylic oxidation sites excluding steroid dienone is 2. The molecule has 2 aromatic rings. The summed E-state index contributed by atoms with van der Waals surface area (Å²) < 4.78 is 9.45. The minimum absolute atomic E-state index is 0.849. The van der Waals surface area contributed by atoms with E-state index in [4.69, 9.17) is 4.74 Å². The summed E-state index contributed by atoms with van der Waals surface area (Å²) in [4.78, 5) is 1.29. The van der Waals surface area contributed by atoms with Crippen molar-refractivity contribution in [1.82, 2.24) is 14.1 Å². The van der Waals surface area contributed by atoms with E-state index in [9.17, 15) is 0 Å². The van der Waals surface area contributed by atoms with Crippen LogP contribution in [0.15, 0.2) is 60.2 Å². The fourth-order valence-electron chi connectivity index (χ4n) is 2.15. The molecule has 134 valence electrons. The maximum absolute atomic E-state index is 5.31. The van der Waals surface area contributed by atoms with Crippen molar-refractivity contribution in [3.63, 3.8) is 0 Å². The van der Waals surface area contributed by atoms with Gasteiger partial charge in [-0.3, -0.25) is 0 Å². The van der Waals surface area contributed by atoms with Crippen LogP contribution in [0.5, 0.6) is 0 Å². The van der Waals surface area contributed by atoms with E-state index >= 15 is 0 Å². The average Bonchev–Trinajstić information content (AvgIpc) is 3.07. The third kappa shape index (κ3) is 6.78. The Morgan fingerprint density at radius 1 is 1.20 bits per heavy atom. The van der Waals surface area contributed by atoms with Crippen LogP contribution in [0.1, 0.15) is 5.69 Å². The van der Waals surface area contributed by atoms with Gasteiger partial charge in [-0.05, 0) is 55.3 Å². The van der Waals surface area contributed by atoms with Crippen molar-refractivity contribution in [2.75, 3.05) is 38.7 Å². The predicted octanol–water partition coefficient (Wildman–Crippen LogP) is 3.92. The van der Waals surface area contributed by atoms with Gasteiger partial charge in [-0.15, -0.1) is 0 Å². The van der Waals surface area contributed by atoms with E-state index in [2.05, 4.69) is 45.6 Å². The molecule has 1 aromatic carbocycles. The van der Waals surface area contributed by atoms with Crippen LogP contribution in [0.2, 0.25) is 0 Å². The van der Waals surface area contributed by atoms with E-state index < -0.39 is 0 Å². The molecule has 3 rings (SSSR count). The third-order valence-corrected chi connectivity index (χ3v) is 4.69. The first kappa shape index (κ1) is 19.3. The number of hydrogen-bond acceptors (Lipinski definition) is 5. The van der Waals surface area contributed by atoms with Crippen LogP contribution in [0.4, 0.5) is 5.69 Å². The summed E-state index contributed by atoms with van der Waals surface area (Å²) in [6.45, 7) is 9.28. The van der Waals surface area contributed by atoms with Crippen molar-refractivity contribution in [3.05, 3.63) is 61.0 Å². The minimum Gasteiger partial charge on any atom is -0.388 e. The van der Waals surface area contributed by atoms with Gasteiger partial charge in [0.1, 0.15) is 0 Å². The topological polar surface area (TPSA) is 42.3 Å². The van der Waals surface area contributed by atoms with Crippen LogP contribution in [-0.4, -0.2) is 47.4 Å². The average molecular weight is 359 g/mol. The molecule has 0 saturated carbocycles. The Kier molecular flexibility index (Phi) is 8.31. The molecule has 0 radical (unpaired) electrons. The van der Waals surface area contributed by atoms with Gasteiger partial charge >= 0.3 is 0 Å². The highest BCUT2D eigenvalue weighted by Gasteiger charge is 2.11. The molecule has 1 saturated heterocycles. The van der Waals surface area contributed by atoms with Crippen molar-refractivity contribution >= 4 is 23.8 Å². The van der Waals surface area contributed by atoms with Gasteiger partial charge in [-0.25, -0.2) is 8.99 Å². The first-order valence-electron chi connectivity index (χ1n) is 8.30. The first-order chi connectivity index (χ1) is 12.2. The second-order valence-corrected chi connectivity index (χ2v) is 6.57. The van der Waals surface area contributed by atoms with Crippen LogP contribution in [0, 0.1) is 6.92 Å². The number of benzene rings is 1. The number of rotatable bonds is 5. The van der Waals surface area contributed by atoms with Crippen molar-refractivity contribution in [3.8, 4) is 0 Å². The molecule has 25 heavy (non-hydrogen) atoms. The van der Waals surface area contributed by atoms with Crippen molar-refractivity contribution in [2.24, 2.45) is 0 Å². The molecule has 1 aliphatic rings. The van der Waals surface area contributed by atoms with Crippen molar-refractivity contribution in [2.45, 2.75) is 11.8 Å². The molecule has 0 amide bonds. The van der Waals surface area contributed by atoms with Gasteiger partial charge in [0.05, 0.1) is 13.2 Å². The van der Waals surface area contributed by atoms with Crippen LogP contribution in [-0.2, 0) is 4.74 Å². The molecule has 0 spiro atoms. The summed E-state index contributed by atoms with van der Waals surface area (Å²) in [6, 6.07) is 10.4. The smallest absolute Gasteiger partial charge is 0.0603 e. The third-order valence-electron chi connectivity index (χ3n) is 3.58. The van der Waals surface area contributed by atoms with E-state index in [0.717, 1.165) is 37.7 Å². The Morgan fingerprint density at radius 2 is 1.92 bits per heavy atom. The molecule has 0 bridgehead atoms. The van der Waals surface area contributed by atoms with E-state index in [0.29, 0.717) is 0 Å². The molecule has 1 aliphatic heterocycles. The van der Waals surface area contributed by atoms with Gasteiger partial charge in [0.25, 0.3) is 0 Å². The standard InChI is InChI=1S/C11H16N2OS.C8H10N2/c1-12-10-2-4-11(5-3-10)15-13-6-8-14-9-7-13;1-3-4-7-10-8(2)5-6-9-10/h2-5,12H,6-9H2,1H3;3-7H,1H2,2H3/b;7-4-. The number of aryl methyl sites for hydroxylation is 1. The summed E-state index contributed by atoms with van der Waals surface area (Å²) in [7, 11) is 1.93. The lowest BCUT2D eigenvalue weighted by Crippen LogP contribution is -2.30. The summed E-state index contributed by atoms with van der Waals surface area (Å²) in [5.41, 5.74) is 2.28. The van der Waals surface area contributed by atoms with Crippen LogP contribution >= 0.6 is 11.9 Å². The van der Waals surface area contributed by atoms with Gasteiger partial charge in [-0.1, -0.05) is 12.7 Å². The first-order valence-corrected chi connectivity index (χ1v) is 9.08. The number of anilines is 1. The fraction of sp³-hybridized carbons (Fsp3) is 0.316. The van der Waals surface area contributed by atoms with Crippen molar-refractivity contribution < 1.29 is 4.74 Å². The van der Waals surface area contributed by atoms with Gasteiger partial charge in [0, 0.05) is 48.8 Å². The highest BCUT2D eigenvalue weighted by Crippen LogP contribution is 2.24. The molecule has 5 nitrogen and oxygen atoms in total. The molecule has 1 fully saturated rings. The SMILES string of the molecule is C=C/C=C\n1nccc1C.CNc1ccc(SN2CCOCC2)cc1. The zero-order chi connectivity index (χ0) is 17.9. The molecule has 0 atom stereocenters. The van der Waals surface area contributed by atoms with Gasteiger partial charge in [0.2, 0.25) is 0 Å². The largest absolute Gasteiger partial charge is 0.388 e. The lowest BCUT2D eigenvalue weighted by molar-refractivity contribution is 0.0773. The molecule has 0 aliphatic carbocycles. The number of hydrogen-bond donors (Lipinski definition) is 1. The van der Waals surface area contributed by atoms with Crippen LogP contribution < -0.4 is 5.32 Å². The number of morpholine rings is 1. The zero-order valence-electron chi connectivity index (χ0n) is 14.9. The van der Waals surface area contributed by atoms with E-state index in [-0.39, 0.29) is 0 Å². The number of nitrogens with zero attached hydrogens (tertiary/aromatic N) is 3. The van der Waals surface area contributed by atoms with Gasteiger partial charge in [0.15, 0.2) is 0 Å². The highest BCUT2D eigenvalue weighted by atomic mass is 32.2. The Bertz CT molecular complexity index is 660. The van der Waals surface area contributed by atoms with E-state index in [1.165, 1.54) is 4.90 Å². The summed E-state index contributed by atoms with van der Waals surface area (Å²) in [5.74, 6) is 0. The second-order valence-electron chi connectivity index (χ2n) is 5.40. The molecular formula is C19H26N4OS. The molecule has 1 N–H and O–H groups in total. The maximum atomic E-state index is 5.31. The van der Waals surface area contributed by atoms with Crippen LogP contribution in [0.3, 0.4) is 0 Å². The summed E-state index contributed by atoms with van der Waals surface area (Å²) in [5, 5.41) is 7.15. The molecule has 1 aromatic heterocycles. The second kappa shape index (κ2) is 10.8. The molecule has 6 heteroatoms. The van der Waals surface area contributed by atoms with Gasteiger partial charge in [-0.2, -0.15) is 5.10 Å². The Morgan fingerprint density at radius 3 is 2.48 bits per heavy atom. The minimum atomic E-state index is 0.849. The van der Waals surface area contributed by atoms with E-state index in [1.54, 1.807) is 17.0 Å². The maximum Gasteiger partial charge on any atom is 0.0603 e. The number of ether oxygens (including phenoxy) is 1. The lowest BCUT2D eigenvalue weighted by Gasteiger charge is -2.25. The normalized spacial score (nSPS) is 14.8. The molecular weight excluding hydrogens is 332 g/mol. The fourth-order valence-corrected chi connectivity index (χ4v) is 3.04. The van der Waals surface area contributed by atoms with Crippen molar-refractivity contribution in [1.29, 1.82) is 0 Å². The van der Waals surface area contributed by atoms with Gasteiger partial charge < -0.3 is 10.1 Å². The van der Waals surface area contributed by atoms with Crippen LogP contribution in [0.25, 0.3) is 6.20 Å². The quantitative estimate of drug-likeness (QED) is 0.648.